The van der Waals surface area contributed by atoms with Gasteiger partial charge in [-0.15, -0.1) is 0 Å². The summed E-state index contributed by atoms with van der Waals surface area (Å²) in [6, 6.07) is 11.2. The number of carbonyl (C=O) groups excluding carboxylic acids is 1. The Labute approximate surface area is 164 Å². The van der Waals surface area contributed by atoms with Gasteiger partial charge in [0.1, 0.15) is 25.1 Å². The van der Waals surface area contributed by atoms with E-state index in [0.29, 0.717) is 37.9 Å². The quantitative estimate of drug-likeness (QED) is 0.502. The molecule has 1 aromatic carbocycles. The van der Waals surface area contributed by atoms with Crippen molar-refractivity contribution < 1.29 is 24.1 Å². The van der Waals surface area contributed by atoms with Gasteiger partial charge in [-0.25, -0.2) is 9.78 Å². The lowest BCUT2D eigenvalue weighted by Gasteiger charge is -2.15. The van der Waals surface area contributed by atoms with Gasteiger partial charge in [-0.3, -0.25) is 0 Å². The number of alkyl carbamates (subject to hydrolysis) is 1. The van der Waals surface area contributed by atoms with E-state index in [1.807, 2.05) is 43.3 Å². The van der Waals surface area contributed by atoms with Gasteiger partial charge in [0, 0.05) is 37.0 Å². The van der Waals surface area contributed by atoms with Crippen LogP contribution in [0.15, 0.2) is 42.6 Å². The molecule has 0 fully saturated rings. The number of nitrogens with zero attached hydrogens (tertiary/aromatic N) is 1. The number of ether oxygens (including phenoxy) is 3. The van der Waals surface area contributed by atoms with Gasteiger partial charge in [0.05, 0.1) is 7.11 Å². The lowest BCUT2D eigenvalue weighted by Crippen LogP contribution is -2.34. The maximum Gasteiger partial charge on any atom is 0.407 e. The second-order valence-electron chi connectivity index (χ2n) is 6.10. The first-order valence-electron chi connectivity index (χ1n) is 9.06. The number of nitrogens with one attached hydrogen (secondary N) is 2. The van der Waals surface area contributed by atoms with E-state index < -0.39 is 12.2 Å². The topological polar surface area (TPSA) is 102 Å². The Morgan fingerprint density at radius 1 is 1.21 bits per heavy atom. The minimum Gasteiger partial charge on any atom is -0.492 e. The number of aliphatic hydroxyl groups is 1. The summed E-state index contributed by atoms with van der Waals surface area (Å²) < 4.78 is 15.8. The smallest absolute Gasteiger partial charge is 0.407 e. The zero-order valence-corrected chi connectivity index (χ0v) is 16.2. The molecule has 152 valence electrons. The summed E-state index contributed by atoms with van der Waals surface area (Å²) in [7, 11) is 1.32. The van der Waals surface area contributed by atoms with E-state index in [4.69, 9.17) is 9.47 Å². The number of pyridine rings is 1. The number of rotatable bonds is 11. The van der Waals surface area contributed by atoms with Crippen molar-refractivity contribution in [3.63, 3.8) is 0 Å². The van der Waals surface area contributed by atoms with Crippen LogP contribution in [0, 0.1) is 6.92 Å². The summed E-state index contributed by atoms with van der Waals surface area (Å²) in [5.41, 5.74) is 1.78. The second-order valence-corrected chi connectivity index (χ2v) is 6.10. The number of methoxy groups -OCH3 is 1. The summed E-state index contributed by atoms with van der Waals surface area (Å²) in [6.45, 7) is 3.73. The molecular weight excluding hydrogens is 362 g/mol. The van der Waals surface area contributed by atoms with Crippen LogP contribution in [-0.4, -0.2) is 55.7 Å². The highest BCUT2D eigenvalue weighted by atomic mass is 16.5. The van der Waals surface area contributed by atoms with Crippen LogP contribution in [0.3, 0.4) is 0 Å². The minimum atomic E-state index is -0.655. The zero-order valence-electron chi connectivity index (χ0n) is 16.2. The summed E-state index contributed by atoms with van der Waals surface area (Å²) in [4.78, 5) is 15.3. The van der Waals surface area contributed by atoms with E-state index in [1.54, 1.807) is 6.20 Å². The van der Waals surface area contributed by atoms with Crippen molar-refractivity contribution >= 4 is 6.09 Å². The molecule has 0 aliphatic heterocycles. The van der Waals surface area contributed by atoms with Crippen LogP contribution in [0.5, 0.6) is 11.6 Å². The molecule has 1 unspecified atom stereocenters. The summed E-state index contributed by atoms with van der Waals surface area (Å²) in [5, 5.41) is 15.7. The largest absolute Gasteiger partial charge is 0.492 e. The molecule has 2 rings (SSSR count). The minimum absolute atomic E-state index is 0.160. The number of aliphatic hydroxyl groups excluding tert-OH is 1. The number of para-hydroxylation sites is 1. The summed E-state index contributed by atoms with van der Waals surface area (Å²) in [5.74, 6) is 1.22. The molecule has 0 aliphatic rings. The van der Waals surface area contributed by atoms with Crippen molar-refractivity contribution in [3.05, 3.63) is 53.7 Å². The van der Waals surface area contributed by atoms with E-state index in [0.717, 1.165) is 11.1 Å². The molecule has 1 aromatic heterocycles. The average Bonchev–Trinajstić information content (AvgIpc) is 2.71. The zero-order chi connectivity index (χ0) is 20.2. The lowest BCUT2D eigenvalue weighted by molar-refractivity contribution is 0.102. The third-order valence-corrected chi connectivity index (χ3v) is 3.87. The first kappa shape index (κ1) is 21.5. The third kappa shape index (κ3) is 7.42. The van der Waals surface area contributed by atoms with Gasteiger partial charge >= 0.3 is 6.09 Å². The number of hydrogen-bond acceptors (Lipinski definition) is 7. The maximum atomic E-state index is 11.2. The molecular formula is C20H27N3O5. The van der Waals surface area contributed by atoms with Gasteiger partial charge in [0.15, 0.2) is 0 Å². The molecule has 0 aliphatic carbocycles. The monoisotopic (exact) mass is 389 g/mol. The number of benzene rings is 1. The molecule has 0 saturated carbocycles. The highest BCUT2D eigenvalue weighted by Gasteiger charge is 2.08. The number of aromatic nitrogens is 1. The number of amides is 1. The Morgan fingerprint density at radius 3 is 2.82 bits per heavy atom. The summed E-state index contributed by atoms with van der Waals surface area (Å²) >= 11 is 0. The predicted octanol–water partition coefficient (Wildman–Crippen LogP) is 1.65. The van der Waals surface area contributed by atoms with Crippen molar-refractivity contribution in [3.8, 4) is 11.6 Å². The number of hydrogen-bond donors (Lipinski definition) is 3. The fourth-order valence-corrected chi connectivity index (χ4v) is 2.39. The Balaban J connectivity index is 1.65. The van der Waals surface area contributed by atoms with Crippen LogP contribution in [-0.2, 0) is 11.3 Å². The van der Waals surface area contributed by atoms with Crippen LogP contribution >= 0.6 is 0 Å². The summed E-state index contributed by atoms with van der Waals surface area (Å²) in [6.07, 6.45) is 0.509. The van der Waals surface area contributed by atoms with Gasteiger partial charge < -0.3 is 30.0 Å². The van der Waals surface area contributed by atoms with E-state index in [2.05, 4.69) is 20.4 Å². The molecule has 0 saturated heterocycles. The highest BCUT2D eigenvalue weighted by Crippen LogP contribution is 2.17. The van der Waals surface area contributed by atoms with Crippen molar-refractivity contribution in [2.75, 3.05) is 33.4 Å². The highest BCUT2D eigenvalue weighted by molar-refractivity contribution is 5.67. The Morgan fingerprint density at radius 2 is 2.04 bits per heavy atom. The molecule has 0 bridgehead atoms. The molecule has 8 heteroatoms. The maximum absolute atomic E-state index is 11.2. The van der Waals surface area contributed by atoms with Gasteiger partial charge in [-0.2, -0.15) is 0 Å². The Hall–Kier alpha value is -2.84. The molecule has 0 radical (unpaired) electrons. The van der Waals surface area contributed by atoms with Gasteiger partial charge in [0.2, 0.25) is 5.88 Å². The van der Waals surface area contributed by atoms with E-state index in [-0.39, 0.29) is 6.61 Å². The van der Waals surface area contributed by atoms with Crippen molar-refractivity contribution in [1.82, 2.24) is 15.6 Å². The van der Waals surface area contributed by atoms with Crippen LogP contribution in [0.4, 0.5) is 4.79 Å². The lowest BCUT2D eigenvalue weighted by atomic mass is 10.2. The fourth-order valence-electron chi connectivity index (χ4n) is 2.39. The Bertz CT molecular complexity index is 741. The predicted molar refractivity (Wildman–Crippen MR) is 105 cm³/mol. The molecule has 3 N–H and O–H groups in total. The first-order valence-corrected chi connectivity index (χ1v) is 9.06. The molecule has 28 heavy (non-hydrogen) atoms. The van der Waals surface area contributed by atoms with E-state index in [9.17, 15) is 9.90 Å². The first-order chi connectivity index (χ1) is 13.6. The third-order valence-electron chi connectivity index (χ3n) is 3.87. The molecule has 1 amide bonds. The van der Waals surface area contributed by atoms with Crippen molar-refractivity contribution in [1.29, 1.82) is 0 Å². The molecule has 2 aromatic rings. The normalized spacial score (nSPS) is 11.5. The van der Waals surface area contributed by atoms with Gasteiger partial charge in [-0.05, 0) is 19.1 Å². The average molecular weight is 389 g/mol. The molecule has 1 heterocycles. The Kier molecular flexibility index (Phi) is 9.03. The SMILES string of the molecule is COC(=O)NCc1ccccc1OCCNCC(O)COc1ncccc1C. The number of carbonyl (C=O) groups is 1. The van der Waals surface area contributed by atoms with Gasteiger partial charge in [-0.1, -0.05) is 24.3 Å². The van der Waals surface area contributed by atoms with Crippen LogP contribution in [0.2, 0.25) is 0 Å². The molecule has 0 spiro atoms. The van der Waals surface area contributed by atoms with Gasteiger partial charge in [0.25, 0.3) is 0 Å². The molecule has 8 nitrogen and oxygen atoms in total. The van der Waals surface area contributed by atoms with E-state index in [1.165, 1.54) is 7.11 Å². The number of aryl methyl sites for hydroxylation is 1. The van der Waals surface area contributed by atoms with Crippen LogP contribution in [0.1, 0.15) is 11.1 Å². The van der Waals surface area contributed by atoms with Crippen molar-refractivity contribution in [2.24, 2.45) is 0 Å². The van der Waals surface area contributed by atoms with Crippen LogP contribution in [0.25, 0.3) is 0 Å². The van der Waals surface area contributed by atoms with Crippen LogP contribution < -0.4 is 20.1 Å². The van der Waals surface area contributed by atoms with Crippen molar-refractivity contribution in [2.45, 2.75) is 19.6 Å². The second kappa shape index (κ2) is 11.8. The molecule has 1 atom stereocenters. The standard InChI is InChI=1S/C20H27N3O5/c1-15-6-5-9-22-19(15)28-14-17(24)13-21-10-11-27-18-8-4-3-7-16(18)12-23-20(25)26-2/h3-9,17,21,24H,10-14H2,1-2H3,(H,23,25). The fraction of sp³-hybridized carbons (Fsp3) is 0.400. The van der Waals surface area contributed by atoms with E-state index >= 15 is 0 Å².